The van der Waals surface area contributed by atoms with Gasteiger partial charge in [-0.25, -0.2) is 4.98 Å². The van der Waals surface area contributed by atoms with Crippen LogP contribution in [0.3, 0.4) is 0 Å². The van der Waals surface area contributed by atoms with Gasteiger partial charge in [0.2, 0.25) is 0 Å². The molecule has 10 nitrogen and oxygen atoms in total. The minimum atomic E-state index is -0.106. The summed E-state index contributed by atoms with van der Waals surface area (Å²) in [6.45, 7) is 5.50. The second kappa shape index (κ2) is 14.5. The van der Waals surface area contributed by atoms with Crippen LogP contribution >= 0.6 is 36.2 Å². The van der Waals surface area contributed by atoms with Crippen LogP contribution in [0.25, 0.3) is 32.8 Å². The summed E-state index contributed by atoms with van der Waals surface area (Å²) in [4.78, 5) is 36.6. The molecule has 3 fully saturated rings. The highest BCUT2D eigenvalue weighted by Crippen LogP contribution is 2.39. The van der Waals surface area contributed by atoms with Crippen molar-refractivity contribution in [3.05, 3.63) is 35.2 Å². The topological polar surface area (TPSA) is 108 Å². The first-order valence-electron chi connectivity index (χ1n) is 15.9. The Hall–Kier alpha value is -2.83. The summed E-state index contributed by atoms with van der Waals surface area (Å²) >= 11 is 1.78. The molecule has 13 heteroatoms. The molecule has 0 unspecified atom stereocenters. The third-order valence-electron chi connectivity index (χ3n) is 9.65. The molecule has 7 rings (SSSR count). The molecular formula is C33H44Cl2N6O4S. The molecular weight excluding hydrogens is 647 g/mol. The van der Waals surface area contributed by atoms with Gasteiger partial charge in [-0.1, -0.05) is 0 Å². The number of benzene rings is 1. The van der Waals surface area contributed by atoms with E-state index < -0.39 is 0 Å². The number of amides is 1. The van der Waals surface area contributed by atoms with Gasteiger partial charge in [0.25, 0.3) is 5.91 Å². The summed E-state index contributed by atoms with van der Waals surface area (Å²) in [6, 6.07) is 8.26. The van der Waals surface area contributed by atoms with Gasteiger partial charge in [0.05, 0.1) is 31.3 Å². The second-order valence-electron chi connectivity index (χ2n) is 12.7. The number of imidazole rings is 1. The predicted octanol–water partition coefficient (Wildman–Crippen LogP) is 5.43. The molecule has 5 heterocycles. The number of ether oxygens (including phenoxy) is 2. The molecule has 2 saturated heterocycles. The molecule has 0 spiro atoms. The number of nitrogens with two attached hydrogens (primary N) is 1. The van der Waals surface area contributed by atoms with Crippen LogP contribution in [0.2, 0.25) is 0 Å². The Morgan fingerprint density at radius 3 is 2.48 bits per heavy atom. The zero-order valence-electron chi connectivity index (χ0n) is 26.5. The van der Waals surface area contributed by atoms with E-state index in [1.165, 1.54) is 30.2 Å². The average Bonchev–Trinajstić information content (AvgIpc) is 3.46. The summed E-state index contributed by atoms with van der Waals surface area (Å²) in [7, 11) is 3.14. The minimum Gasteiger partial charge on any atom is -0.494 e. The van der Waals surface area contributed by atoms with Crippen LogP contribution in [0.4, 0.5) is 0 Å². The maximum atomic E-state index is 13.7. The number of nitrogens with zero attached hydrogens (tertiary/aromatic N) is 5. The number of carbonyl (C=O) groups is 2. The molecule has 1 aromatic carbocycles. The molecule has 1 atom stereocenters. The molecule has 2 N–H and O–H groups in total. The van der Waals surface area contributed by atoms with Gasteiger partial charge in [0, 0.05) is 49.7 Å². The quantitative estimate of drug-likeness (QED) is 0.234. The fourth-order valence-corrected chi connectivity index (χ4v) is 7.91. The molecule has 0 radical (unpaired) electrons. The molecule has 1 amide bonds. The van der Waals surface area contributed by atoms with Crippen LogP contribution in [0.5, 0.6) is 5.75 Å². The molecule has 2 aliphatic heterocycles. The van der Waals surface area contributed by atoms with Crippen molar-refractivity contribution in [1.82, 2.24) is 23.9 Å². The van der Waals surface area contributed by atoms with Crippen LogP contribution in [-0.2, 0) is 22.6 Å². The molecule has 3 aliphatic rings. The fourth-order valence-electron chi connectivity index (χ4n) is 7.00. The van der Waals surface area contributed by atoms with Crippen molar-refractivity contribution in [3.8, 4) is 17.3 Å². The molecule has 250 valence electrons. The Balaban J connectivity index is 0.00000208. The standard InChI is InChI=1S/C33H42N6O4S.2ClH/c1-42-28-18-24(31(40)37-10-3-4-25(34)20-37)16-26-29(28)38(14-13-36-11-7-22(8-12-36)33(41)43-2)30(35-26)27-17-23-9-15-44-32(23)39(27)19-21-5-6-21;;/h9,15-18,21-22,25H,3-8,10-14,19-20,34H2,1-2H3;2*1H/t25-;;/m1../s1. The predicted molar refractivity (Wildman–Crippen MR) is 187 cm³/mol. The lowest BCUT2D eigenvalue weighted by molar-refractivity contribution is -0.147. The number of thiophene rings is 1. The van der Waals surface area contributed by atoms with E-state index in [-0.39, 0.29) is 48.7 Å². The van der Waals surface area contributed by atoms with E-state index >= 15 is 0 Å². The molecule has 3 aromatic heterocycles. The number of halogens is 2. The first-order chi connectivity index (χ1) is 21.4. The lowest BCUT2D eigenvalue weighted by atomic mass is 9.97. The van der Waals surface area contributed by atoms with Crippen LogP contribution in [0, 0.1) is 11.8 Å². The number of piperidine rings is 2. The number of likely N-dealkylation sites (tertiary alicyclic amines) is 2. The summed E-state index contributed by atoms with van der Waals surface area (Å²) in [6.07, 6.45) is 6.00. The molecule has 1 saturated carbocycles. The van der Waals surface area contributed by atoms with Crippen molar-refractivity contribution in [1.29, 1.82) is 0 Å². The Morgan fingerprint density at radius 2 is 1.78 bits per heavy atom. The first-order valence-corrected chi connectivity index (χ1v) is 16.8. The van der Waals surface area contributed by atoms with Gasteiger partial charge in [0.1, 0.15) is 16.1 Å². The van der Waals surface area contributed by atoms with Gasteiger partial charge in [-0.15, -0.1) is 36.2 Å². The summed E-state index contributed by atoms with van der Waals surface area (Å²) in [5.74, 6) is 2.10. The molecule has 4 aromatic rings. The number of carbonyl (C=O) groups excluding carboxylic acids is 2. The lowest BCUT2D eigenvalue weighted by Gasteiger charge is -2.31. The van der Waals surface area contributed by atoms with Crippen molar-refractivity contribution < 1.29 is 19.1 Å². The number of rotatable bonds is 9. The zero-order chi connectivity index (χ0) is 30.4. The maximum absolute atomic E-state index is 13.7. The zero-order valence-corrected chi connectivity index (χ0v) is 28.9. The van der Waals surface area contributed by atoms with E-state index in [1.54, 1.807) is 18.4 Å². The van der Waals surface area contributed by atoms with Crippen molar-refractivity contribution in [3.63, 3.8) is 0 Å². The van der Waals surface area contributed by atoms with Gasteiger partial charge in [-0.05, 0) is 87.2 Å². The van der Waals surface area contributed by atoms with E-state index in [1.807, 2.05) is 17.0 Å². The monoisotopic (exact) mass is 690 g/mol. The highest BCUT2D eigenvalue weighted by atomic mass is 35.5. The van der Waals surface area contributed by atoms with Crippen molar-refractivity contribution in [2.75, 3.05) is 46.9 Å². The van der Waals surface area contributed by atoms with Gasteiger partial charge in [-0.3, -0.25) is 9.59 Å². The van der Waals surface area contributed by atoms with Crippen molar-refractivity contribution in [2.24, 2.45) is 17.6 Å². The van der Waals surface area contributed by atoms with Gasteiger partial charge in [-0.2, -0.15) is 0 Å². The summed E-state index contributed by atoms with van der Waals surface area (Å²) in [5.41, 5.74) is 9.57. The highest BCUT2D eigenvalue weighted by Gasteiger charge is 2.30. The second-order valence-corrected chi connectivity index (χ2v) is 13.6. The summed E-state index contributed by atoms with van der Waals surface area (Å²) < 4.78 is 15.7. The lowest BCUT2D eigenvalue weighted by Crippen LogP contribution is -2.45. The van der Waals surface area contributed by atoms with Gasteiger partial charge in [0.15, 0.2) is 5.82 Å². The minimum absolute atomic E-state index is 0. The van der Waals surface area contributed by atoms with Gasteiger partial charge >= 0.3 is 5.97 Å². The van der Waals surface area contributed by atoms with Crippen LogP contribution in [0.15, 0.2) is 29.6 Å². The first kappa shape index (κ1) is 34.5. The van der Waals surface area contributed by atoms with Crippen LogP contribution in [-0.4, -0.2) is 88.8 Å². The Labute approximate surface area is 286 Å². The molecule has 0 bridgehead atoms. The van der Waals surface area contributed by atoms with Crippen molar-refractivity contribution >= 4 is 69.3 Å². The largest absolute Gasteiger partial charge is 0.494 e. The van der Waals surface area contributed by atoms with E-state index in [0.29, 0.717) is 36.9 Å². The van der Waals surface area contributed by atoms with E-state index in [4.69, 9.17) is 20.2 Å². The fraction of sp³-hybridized carbons (Fsp3) is 0.545. The highest BCUT2D eigenvalue weighted by molar-refractivity contribution is 7.16. The van der Waals surface area contributed by atoms with Crippen LogP contribution < -0.4 is 10.5 Å². The molecule has 46 heavy (non-hydrogen) atoms. The maximum Gasteiger partial charge on any atom is 0.308 e. The number of esters is 1. The number of methoxy groups -OCH3 is 2. The SMILES string of the molecule is COC(=O)C1CCN(CCn2c(-c3cc4ccsc4n3CC3CC3)nc3cc(C(=O)N4CCC[C@@H](N)C4)cc(OC)c32)CC1.Cl.Cl. The Morgan fingerprint density at radius 1 is 1.00 bits per heavy atom. The average molecular weight is 692 g/mol. The van der Waals surface area contributed by atoms with Gasteiger partial charge < -0.3 is 34.1 Å². The van der Waals surface area contributed by atoms with E-state index in [9.17, 15) is 9.59 Å². The van der Waals surface area contributed by atoms with E-state index in [2.05, 4.69) is 31.5 Å². The van der Waals surface area contributed by atoms with E-state index in [0.717, 1.165) is 74.4 Å². The van der Waals surface area contributed by atoms with Crippen LogP contribution in [0.1, 0.15) is 48.9 Å². The van der Waals surface area contributed by atoms with Crippen molar-refractivity contribution in [2.45, 2.75) is 57.7 Å². The Kier molecular flexibility index (Phi) is 10.9. The summed E-state index contributed by atoms with van der Waals surface area (Å²) in [5, 5.41) is 3.39. The Bertz CT molecular complexity index is 1690. The number of aromatic nitrogens is 3. The number of hydrogen-bond acceptors (Lipinski definition) is 8. The molecule has 1 aliphatic carbocycles. The number of fused-ring (bicyclic) bond motifs is 2. The third-order valence-corrected chi connectivity index (χ3v) is 10.6. The third kappa shape index (κ3) is 6.75. The smallest absolute Gasteiger partial charge is 0.308 e. The number of hydrogen-bond donors (Lipinski definition) is 1. The normalized spacial score (nSPS) is 19.2.